The highest BCUT2D eigenvalue weighted by atomic mass is 16.5. The Morgan fingerprint density at radius 3 is 2.81 bits per heavy atom. The highest BCUT2D eigenvalue weighted by molar-refractivity contribution is 5.44. The fraction of sp³-hybridized carbons (Fsp3) is 0.400. The van der Waals surface area contributed by atoms with E-state index in [2.05, 4.69) is 10.00 Å². The van der Waals surface area contributed by atoms with Crippen LogP contribution in [0.2, 0.25) is 0 Å². The van der Waals surface area contributed by atoms with Gasteiger partial charge in [0.1, 0.15) is 11.8 Å². The highest BCUT2D eigenvalue weighted by Crippen LogP contribution is 2.30. The van der Waals surface area contributed by atoms with Gasteiger partial charge < -0.3 is 20.5 Å². The van der Waals surface area contributed by atoms with Crippen LogP contribution in [-0.2, 0) is 6.54 Å². The van der Waals surface area contributed by atoms with E-state index >= 15 is 0 Å². The molecule has 1 unspecified atom stereocenters. The van der Waals surface area contributed by atoms with E-state index in [9.17, 15) is 5.11 Å². The molecule has 0 bridgehead atoms. The van der Waals surface area contributed by atoms with Crippen LogP contribution in [0, 0.1) is 0 Å². The molecule has 0 amide bonds. The summed E-state index contributed by atoms with van der Waals surface area (Å²) < 4.78 is 7.09. The van der Waals surface area contributed by atoms with Gasteiger partial charge in [-0.3, -0.25) is 4.68 Å². The van der Waals surface area contributed by atoms with E-state index in [0.717, 1.165) is 12.1 Å². The molecule has 2 aromatic rings. The molecule has 21 heavy (non-hydrogen) atoms. The third-order valence-electron chi connectivity index (χ3n) is 3.31. The lowest BCUT2D eigenvalue weighted by atomic mass is 10.1. The van der Waals surface area contributed by atoms with Gasteiger partial charge in [0.05, 0.1) is 19.9 Å². The number of anilines is 1. The predicted octanol–water partition coefficient (Wildman–Crippen LogP) is 1.12. The summed E-state index contributed by atoms with van der Waals surface area (Å²) in [5.74, 6) is 0.573. The largest absolute Gasteiger partial charge is 0.493 e. The third kappa shape index (κ3) is 3.53. The van der Waals surface area contributed by atoms with Crippen LogP contribution < -0.4 is 10.5 Å². The fourth-order valence-electron chi connectivity index (χ4n) is 2.17. The van der Waals surface area contributed by atoms with E-state index in [4.69, 9.17) is 10.5 Å². The molecule has 1 aromatic carbocycles. The van der Waals surface area contributed by atoms with Gasteiger partial charge in [-0.05, 0) is 31.8 Å². The molecule has 1 atom stereocenters. The molecule has 2 rings (SSSR count). The molecular weight excluding hydrogens is 268 g/mol. The van der Waals surface area contributed by atoms with Crippen LogP contribution in [0.3, 0.4) is 0 Å². The second-order valence-electron chi connectivity index (χ2n) is 5.20. The summed E-state index contributed by atoms with van der Waals surface area (Å²) in [6.45, 7) is 1.49. The van der Waals surface area contributed by atoms with Gasteiger partial charge in [-0.2, -0.15) is 5.10 Å². The first kappa shape index (κ1) is 15.3. The van der Waals surface area contributed by atoms with Crippen LogP contribution in [0.25, 0.3) is 0 Å². The maximum atomic E-state index is 10.7. The number of nitrogen functional groups attached to an aromatic ring is 1. The standard InChI is InChI=1S/C15H22N4O2/c1-18(2)7-8-19-14(13(21-3)10-17-19)15(20)11-5-4-6-12(16)9-11/h4-6,9-10,15,20H,7-8,16H2,1-3H3. The molecule has 0 saturated carbocycles. The van der Waals surface area contributed by atoms with E-state index in [1.807, 2.05) is 26.2 Å². The van der Waals surface area contributed by atoms with E-state index in [0.29, 0.717) is 23.7 Å². The van der Waals surface area contributed by atoms with Crippen molar-refractivity contribution >= 4 is 5.69 Å². The van der Waals surface area contributed by atoms with Gasteiger partial charge in [0.2, 0.25) is 0 Å². The van der Waals surface area contributed by atoms with Crippen molar-refractivity contribution in [2.24, 2.45) is 0 Å². The Morgan fingerprint density at radius 2 is 2.19 bits per heavy atom. The van der Waals surface area contributed by atoms with Gasteiger partial charge >= 0.3 is 0 Å². The van der Waals surface area contributed by atoms with Crippen LogP contribution >= 0.6 is 0 Å². The summed E-state index contributed by atoms with van der Waals surface area (Å²) in [6, 6.07) is 7.20. The number of aromatic nitrogens is 2. The number of methoxy groups -OCH3 is 1. The molecule has 0 fully saturated rings. The summed E-state index contributed by atoms with van der Waals surface area (Å²) in [5.41, 5.74) is 7.77. The van der Waals surface area contributed by atoms with Crippen molar-refractivity contribution in [1.82, 2.24) is 14.7 Å². The van der Waals surface area contributed by atoms with E-state index in [1.54, 1.807) is 30.1 Å². The zero-order valence-corrected chi connectivity index (χ0v) is 12.7. The van der Waals surface area contributed by atoms with Gasteiger partial charge in [0.15, 0.2) is 5.75 Å². The first-order valence-electron chi connectivity index (χ1n) is 6.81. The number of hydrogen-bond acceptors (Lipinski definition) is 5. The average molecular weight is 290 g/mol. The minimum absolute atomic E-state index is 0.573. The molecule has 6 heteroatoms. The lowest BCUT2D eigenvalue weighted by Crippen LogP contribution is -2.21. The minimum atomic E-state index is -0.826. The molecule has 3 N–H and O–H groups in total. The van der Waals surface area contributed by atoms with Gasteiger partial charge in [-0.25, -0.2) is 0 Å². The second kappa shape index (κ2) is 6.60. The topological polar surface area (TPSA) is 76.5 Å². The van der Waals surface area contributed by atoms with Crippen LogP contribution in [0.1, 0.15) is 17.4 Å². The van der Waals surface area contributed by atoms with E-state index in [-0.39, 0.29) is 0 Å². The Kier molecular flexibility index (Phi) is 4.82. The number of benzene rings is 1. The molecule has 1 aromatic heterocycles. The summed E-state index contributed by atoms with van der Waals surface area (Å²) in [7, 11) is 5.56. The summed E-state index contributed by atoms with van der Waals surface area (Å²) in [6.07, 6.45) is 0.800. The molecule has 0 radical (unpaired) electrons. The molecule has 0 aliphatic heterocycles. The molecule has 114 valence electrons. The van der Waals surface area contributed by atoms with Gasteiger partial charge in [0, 0.05) is 12.2 Å². The van der Waals surface area contributed by atoms with Gasteiger partial charge in [0.25, 0.3) is 0 Å². The maximum Gasteiger partial charge on any atom is 0.163 e. The van der Waals surface area contributed by atoms with Crippen molar-refractivity contribution in [3.63, 3.8) is 0 Å². The number of rotatable bonds is 6. The lowest BCUT2D eigenvalue weighted by Gasteiger charge is -2.17. The Bertz CT molecular complexity index is 595. The molecule has 0 saturated heterocycles. The third-order valence-corrected chi connectivity index (χ3v) is 3.31. The molecule has 1 heterocycles. The van der Waals surface area contributed by atoms with Crippen LogP contribution in [0.5, 0.6) is 5.75 Å². The Labute approximate surface area is 124 Å². The molecule has 6 nitrogen and oxygen atoms in total. The Balaban J connectivity index is 2.34. The quantitative estimate of drug-likeness (QED) is 0.780. The van der Waals surface area contributed by atoms with Gasteiger partial charge in [-0.1, -0.05) is 12.1 Å². The SMILES string of the molecule is COc1cnn(CCN(C)C)c1C(O)c1cccc(N)c1. The van der Waals surface area contributed by atoms with Crippen LogP contribution in [0.4, 0.5) is 5.69 Å². The molecule has 0 aliphatic carbocycles. The number of nitrogens with two attached hydrogens (primary N) is 1. The average Bonchev–Trinajstić information content (AvgIpc) is 2.87. The van der Waals surface area contributed by atoms with Crippen molar-refractivity contribution in [1.29, 1.82) is 0 Å². The van der Waals surface area contributed by atoms with Crippen molar-refractivity contribution in [3.05, 3.63) is 41.7 Å². The molecule has 0 spiro atoms. The minimum Gasteiger partial charge on any atom is -0.493 e. The number of aliphatic hydroxyl groups is 1. The van der Waals surface area contributed by atoms with E-state index in [1.165, 1.54) is 0 Å². The van der Waals surface area contributed by atoms with Crippen molar-refractivity contribution in [3.8, 4) is 5.75 Å². The number of ether oxygens (including phenoxy) is 1. The number of nitrogens with zero attached hydrogens (tertiary/aromatic N) is 3. The second-order valence-corrected chi connectivity index (χ2v) is 5.20. The van der Waals surface area contributed by atoms with Crippen molar-refractivity contribution in [2.45, 2.75) is 12.6 Å². The normalized spacial score (nSPS) is 12.6. The van der Waals surface area contributed by atoms with Crippen molar-refractivity contribution < 1.29 is 9.84 Å². The fourth-order valence-corrected chi connectivity index (χ4v) is 2.17. The zero-order valence-electron chi connectivity index (χ0n) is 12.7. The number of hydrogen-bond donors (Lipinski definition) is 2. The van der Waals surface area contributed by atoms with Crippen LogP contribution in [0.15, 0.2) is 30.5 Å². The maximum absolute atomic E-state index is 10.7. The summed E-state index contributed by atoms with van der Waals surface area (Å²) >= 11 is 0. The first-order chi connectivity index (χ1) is 10.0. The predicted molar refractivity (Wildman–Crippen MR) is 82.2 cm³/mol. The van der Waals surface area contributed by atoms with Gasteiger partial charge in [-0.15, -0.1) is 0 Å². The first-order valence-corrected chi connectivity index (χ1v) is 6.81. The highest BCUT2D eigenvalue weighted by Gasteiger charge is 2.21. The molecular formula is C15H22N4O2. The summed E-state index contributed by atoms with van der Waals surface area (Å²) in [5, 5.41) is 15.0. The zero-order chi connectivity index (χ0) is 15.4. The molecule has 0 aliphatic rings. The van der Waals surface area contributed by atoms with Crippen LogP contribution in [-0.4, -0.2) is 47.5 Å². The monoisotopic (exact) mass is 290 g/mol. The van der Waals surface area contributed by atoms with Crippen molar-refractivity contribution in [2.75, 3.05) is 33.5 Å². The van der Waals surface area contributed by atoms with E-state index < -0.39 is 6.10 Å². The Hall–Kier alpha value is -2.05. The number of likely N-dealkylation sites (N-methyl/N-ethyl adjacent to an activating group) is 1. The summed E-state index contributed by atoms with van der Waals surface area (Å²) in [4.78, 5) is 2.06. The Morgan fingerprint density at radius 1 is 1.43 bits per heavy atom. The lowest BCUT2D eigenvalue weighted by molar-refractivity contribution is 0.200. The number of aliphatic hydroxyl groups excluding tert-OH is 1. The smallest absolute Gasteiger partial charge is 0.163 e.